The molecular formula is C20H25N5O2. The number of H-pyrrole nitrogens is 1. The van der Waals surface area contributed by atoms with Crippen molar-refractivity contribution in [1.82, 2.24) is 14.5 Å². The highest BCUT2D eigenvalue weighted by Crippen LogP contribution is 2.21. The molecule has 0 aliphatic carbocycles. The average Bonchev–Trinajstić information content (AvgIpc) is 2.69. The molecule has 1 aliphatic rings. The number of hydrogen-bond donors (Lipinski definition) is 1. The molecule has 1 N–H and O–H groups in total. The van der Waals surface area contributed by atoms with E-state index in [4.69, 9.17) is 0 Å². The van der Waals surface area contributed by atoms with Gasteiger partial charge in [0.25, 0.3) is 5.56 Å². The lowest BCUT2D eigenvalue weighted by atomic mass is 10.1. The Morgan fingerprint density at radius 3 is 2.52 bits per heavy atom. The molecule has 2 aromatic rings. The van der Waals surface area contributed by atoms with Crippen molar-refractivity contribution >= 4 is 5.69 Å². The number of benzene rings is 1. The van der Waals surface area contributed by atoms with Crippen LogP contribution in [-0.4, -0.2) is 47.2 Å². The molecule has 0 bridgehead atoms. The summed E-state index contributed by atoms with van der Waals surface area (Å²) < 4.78 is 1.58. The second kappa shape index (κ2) is 8.69. The van der Waals surface area contributed by atoms with Crippen molar-refractivity contribution < 1.29 is 0 Å². The zero-order valence-corrected chi connectivity index (χ0v) is 15.6. The number of anilines is 1. The van der Waals surface area contributed by atoms with Crippen LogP contribution in [0, 0.1) is 18.3 Å². The molecule has 7 heteroatoms. The summed E-state index contributed by atoms with van der Waals surface area (Å²) in [6.45, 7) is 7.08. The minimum Gasteiger partial charge on any atom is -0.368 e. The van der Waals surface area contributed by atoms with Crippen molar-refractivity contribution in [3.8, 4) is 6.07 Å². The third-order valence-electron chi connectivity index (χ3n) is 5.05. The molecule has 0 saturated carbocycles. The highest BCUT2D eigenvalue weighted by atomic mass is 16.2. The van der Waals surface area contributed by atoms with Crippen LogP contribution in [0.25, 0.3) is 0 Å². The molecule has 3 rings (SSSR count). The van der Waals surface area contributed by atoms with Crippen LogP contribution in [0.1, 0.15) is 24.0 Å². The van der Waals surface area contributed by atoms with E-state index in [1.165, 1.54) is 0 Å². The summed E-state index contributed by atoms with van der Waals surface area (Å²) in [5.74, 6) is 0. The molecule has 0 unspecified atom stereocenters. The van der Waals surface area contributed by atoms with E-state index < -0.39 is 0 Å². The van der Waals surface area contributed by atoms with E-state index in [0.29, 0.717) is 12.1 Å². The second-order valence-corrected chi connectivity index (χ2v) is 6.93. The van der Waals surface area contributed by atoms with Gasteiger partial charge in [-0.3, -0.25) is 14.7 Å². The summed E-state index contributed by atoms with van der Waals surface area (Å²) in [5.41, 5.74) is 1.66. The van der Waals surface area contributed by atoms with Gasteiger partial charge in [-0.25, -0.2) is 4.79 Å². The summed E-state index contributed by atoms with van der Waals surface area (Å²) in [6.07, 6.45) is 3.52. The summed E-state index contributed by atoms with van der Waals surface area (Å²) in [5, 5.41) is 9.26. The molecule has 142 valence electrons. The largest absolute Gasteiger partial charge is 0.368 e. The van der Waals surface area contributed by atoms with Crippen LogP contribution < -0.4 is 16.1 Å². The van der Waals surface area contributed by atoms with E-state index >= 15 is 0 Å². The minimum absolute atomic E-state index is 0.313. The molecule has 2 heterocycles. The smallest absolute Gasteiger partial charge is 0.328 e. The molecule has 1 fully saturated rings. The van der Waals surface area contributed by atoms with Gasteiger partial charge in [-0.1, -0.05) is 12.1 Å². The van der Waals surface area contributed by atoms with E-state index in [9.17, 15) is 14.9 Å². The summed E-state index contributed by atoms with van der Waals surface area (Å²) in [6, 6.07) is 10.0. The van der Waals surface area contributed by atoms with Crippen molar-refractivity contribution in [2.45, 2.75) is 26.3 Å². The standard InChI is InChI=1S/C20H25N5O2/c1-16-15-25(20(27)22-19(16)26)9-5-4-8-23-10-12-24(13-11-23)18-7-3-2-6-17(18)14-21/h2-3,6-7,15H,4-5,8-13H2,1H3,(H,22,26,27). The van der Waals surface area contributed by atoms with Crippen molar-refractivity contribution in [3.63, 3.8) is 0 Å². The zero-order chi connectivity index (χ0) is 19.2. The molecule has 27 heavy (non-hydrogen) atoms. The lowest BCUT2D eigenvalue weighted by molar-refractivity contribution is 0.251. The van der Waals surface area contributed by atoms with Crippen LogP contribution in [0.3, 0.4) is 0 Å². The Labute approximate surface area is 158 Å². The monoisotopic (exact) mass is 367 g/mol. The van der Waals surface area contributed by atoms with Crippen LogP contribution in [-0.2, 0) is 6.54 Å². The number of nitrogens with zero attached hydrogens (tertiary/aromatic N) is 4. The third kappa shape index (κ3) is 4.66. The van der Waals surface area contributed by atoms with Gasteiger partial charge in [-0.05, 0) is 38.4 Å². The van der Waals surface area contributed by atoms with Gasteiger partial charge in [-0.2, -0.15) is 5.26 Å². The minimum atomic E-state index is -0.338. The van der Waals surface area contributed by atoms with Gasteiger partial charge in [0.05, 0.1) is 11.3 Å². The molecule has 1 aliphatic heterocycles. The molecular weight excluding hydrogens is 342 g/mol. The number of piperazine rings is 1. The Kier molecular flexibility index (Phi) is 6.09. The van der Waals surface area contributed by atoms with Crippen LogP contribution in [0.15, 0.2) is 40.1 Å². The molecule has 0 amide bonds. The Morgan fingerprint density at radius 1 is 1.07 bits per heavy atom. The van der Waals surface area contributed by atoms with E-state index in [-0.39, 0.29) is 11.2 Å². The number of para-hydroxylation sites is 1. The number of unbranched alkanes of at least 4 members (excludes halogenated alkanes) is 1. The van der Waals surface area contributed by atoms with Gasteiger partial charge in [0, 0.05) is 44.5 Å². The highest BCUT2D eigenvalue weighted by Gasteiger charge is 2.18. The molecule has 1 saturated heterocycles. The number of hydrogen-bond acceptors (Lipinski definition) is 5. The van der Waals surface area contributed by atoms with Crippen molar-refractivity contribution in [1.29, 1.82) is 5.26 Å². The van der Waals surface area contributed by atoms with Crippen LogP contribution >= 0.6 is 0 Å². The number of nitriles is 1. The van der Waals surface area contributed by atoms with E-state index in [1.807, 2.05) is 24.3 Å². The lowest BCUT2D eigenvalue weighted by Crippen LogP contribution is -2.46. The first-order valence-electron chi connectivity index (χ1n) is 9.35. The van der Waals surface area contributed by atoms with Gasteiger partial charge in [-0.15, -0.1) is 0 Å². The molecule has 0 radical (unpaired) electrons. The lowest BCUT2D eigenvalue weighted by Gasteiger charge is -2.36. The molecule has 7 nitrogen and oxygen atoms in total. The normalized spacial score (nSPS) is 14.9. The number of rotatable bonds is 6. The Hall–Kier alpha value is -2.85. The number of aromatic nitrogens is 2. The average molecular weight is 367 g/mol. The quantitative estimate of drug-likeness (QED) is 0.779. The predicted molar refractivity (Wildman–Crippen MR) is 105 cm³/mol. The number of aromatic amines is 1. The fourth-order valence-corrected chi connectivity index (χ4v) is 3.46. The first-order valence-corrected chi connectivity index (χ1v) is 9.35. The van der Waals surface area contributed by atoms with Crippen LogP contribution in [0.4, 0.5) is 5.69 Å². The summed E-state index contributed by atoms with van der Waals surface area (Å²) >= 11 is 0. The maximum atomic E-state index is 11.8. The predicted octanol–water partition coefficient (Wildman–Crippen LogP) is 1.32. The first kappa shape index (κ1) is 18.9. The van der Waals surface area contributed by atoms with Gasteiger partial charge in [0.15, 0.2) is 0 Å². The molecule has 1 aromatic carbocycles. The fourth-order valence-electron chi connectivity index (χ4n) is 3.46. The van der Waals surface area contributed by atoms with Gasteiger partial charge in [0.1, 0.15) is 6.07 Å². The van der Waals surface area contributed by atoms with E-state index in [0.717, 1.165) is 56.8 Å². The fraction of sp³-hybridized carbons (Fsp3) is 0.450. The highest BCUT2D eigenvalue weighted by molar-refractivity contribution is 5.59. The Bertz CT molecular complexity index is 932. The number of nitrogens with one attached hydrogen (secondary N) is 1. The van der Waals surface area contributed by atoms with E-state index in [1.54, 1.807) is 17.7 Å². The Morgan fingerprint density at radius 2 is 1.78 bits per heavy atom. The van der Waals surface area contributed by atoms with Crippen LogP contribution in [0.2, 0.25) is 0 Å². The Balaban J connectivity index is 1.44. The first-order chi connectivity index (χ1) is 13.1. The molecule has 0 atom stereocenters. The molecule has 1 aromatic heterocycles. The van der Waals surface area contributed by atoms with Crippen molar-refractivity contribution in [2.75, 3.05) is 37.6 Å². The van der Waals surface area contributed by atoms with Crippen molar-refractivity contribution in [2.24, 2.45) is 0 Å². The van der Waals surface area contributed by atoms with E-state index in [2.05, 4.69) is 20.9 Å². The zero-order valence-electron chi connectivity index (χ0n) is 15.6. The van der Waals surface area contributed by atoms with Gasteiger partial charge in [0.2, 0.25) is 0 Å². The second-order valence-electron chi connectivity index (χ2n) is 6.93. The third-order valence-corrected chi connectivity index (χ3v) is 5.05. The maximum absolute atomic E-state index is 11.8. The van der Waals surface area contributed by atoms with Gasteiger partial charge >= 0.3 is 5.69 Å². The number of aryl methyl sites for hydroxylation is 2. The maximum Gasteiger partial charge on any atom is 0.328 e. The summed E-state index contributed by atoms with van der Waals surface area (Å²) in [7, 11) is 0. The van der Waals surface area contributed by atoms with Crippen LogP contribution in [0.5, 0.6) is 0 Å². The summed E-state index contributed by atoms with van der Waals surface area (Å²) in [4.78, 5) is 30.2. The topological polar surface area (TPSA) is 85.1 Å². The molecule has 0 spiro atoms. The SMILES string of the molecule is Cc1cn(CCCCN2CCN(c3ccccc3C#N)CC2)c(=O)[nH]c1=O. The van der Waals surface area contributed by atoms with Gasteiger partial charge < -0.3 is 9.47 Å². The van der Waals surface area contributed by atoms with Crippen molar-refractivity contribution in [3.05, 3.63) is 62.4 Å².